The van der Waals surface area contributed by atoms with E-state index >= 15 is 0 Å². The Hall–Kier alpha value is 0.1000. The van der Waals surface area contributed by atoms with E-state index in [-0.39, 0.29) is 5.54 Å². The Morgan fingerprint density at radius 2 is 1.79 bits per heavy atom. The minimum absolute atomic E-state index is 0.161. The zero-order valence-corrected chi connectivity index (χ0v) is 15.3. The highest BCUT2D eigenvalue weighted by Gasteiger charge is 2.07. The van der Waals surface area contributed by atoms with Gasteiger partial charge in [0.15, 0.2) is 0 Å². The van der Waals surface area contributed by atoms with Gasteiger partial charge in [0, 0.05) is 21.0 Å². The molecule has 0 saturated carbocycles. The summed E-state index contributed by atoms with van der Waals surface area (Å²) in [7, 11) is 0. The van der Waals surface area contributed by atoms with E-state index in [9.17, 15) is 0 Å². The van der Waals surface area contributed by atoms with Crippen LogP contribution >= 0.6 is 31.9 Å². The van der Waals surface area contributed by atoms with Gasteiger partial charge in [0.25, 0.3) is 0 Å². The molecule has 4 heteroatoms. The summed E-state index contributed by atoms with van der Waals surface area (Å²) in [6.07, 6.45) is 0.926. The lowest BCUT2D eigenvalue weighted by molar-refractivity contribution is 0.133. The normalized spacial score (nSPS) is 11.9. The highest BCUT2D eigenvalue weighted by Crippen LogP contribution is 2.25. The van der Waals surface area contributed by atoms with Gasteiger partial charge in [-0.05, 0) is 57.4 Å². The fourth-order valence-electron chi connectivity index (χ4n) is 1.66. The van der Waals surface area contributed by atoms with Crippen molar-refractivity contribution in [1.29, 1.82) is 0 Å². The number of aryl methyl sites for hydroxylation is 1. The molecule has 0 aromatic heterocycles. The summed E-state index contributed by atoms with van der Waals surface area (Å²) in [4.78, 5) is 0. The van der Waals surface area contributed by atoms with Crippen LogP contribution in [0.25, 0.3) is 0 Å². The number of rotatable bonds is 6. The van der Waals surface area contributed by atoms with Crippen LogP contribution in [0.4, 0.5) is 0 Å². The summed E-state index contributed by atoms with van der Waals surface area (Å²) in [5.41, 5.74) is 2.68. The van der Waals surface area contributed by atoms with E-state index < -0.39 is 0 Å². The van der Waals surface area contributed by atoms with Crippen molar-refractivity contribution in [2.24, 2.45) is 0 Å². The highest BCUT2D eigenvalue weighted by atomic mass is 79.9. The first-order valence-electron chi connectivity index (χ1n) is 6.57. The molecule has 0 amide bonds. The average Bonchev–Trinajstić information content (AvgIpc) is 2.28. The predicted octanol–water partition coefficient (Wildman–Crippen LogP) is 4.47. The number of ether oxygens (including phenoxy) is 1. The summed E-state index contributed by atoms with van der Waals surface area (Å²) in [6.45, 7) is 11.0. The molecule has 0 radical (unpaired) electrons. The lowest BCUT2D eigenvalue weighted by atomic mass is 10.1. The molecule has 1 aromatic rings. The van der Waals surface area contributed by atoms with E-state index in [4.69, 9.17) is 4.74 Å². The first kappa shape index (κ1) is 17.2. The van der Waals surface area contributed by atoms with Gasteiger partial charge < -0.3 is 10.1 Å². The Labute approximate surface area is 133 Å². The van der Waals surface area contributed by atoms with Crippen LogP contribution in [0.15, 0.2) is 21.1 Å². The van der Waals surface area contributed by atoms with E-state index in [0.717, 1.165) is 35.1 Å². The van der Waals surface area contributed by atoms with Gasteiger partial charge in [-0.25, -0.2) is 0 Å². The third-order valence-electron chi connectivity index (χ3n) is 2.75. The second-order valence-electron chi connectivity index (χ2n) is 5.73. The smallest absolute Gasteiger partial charge is 0.0591 e. The number of halogens is 2. The molecule has 0 bridgehead atoms. The van der Waals surface area contributed by atoms with Gasteiger partial charge in [-0.1, -0.05) is 31.9 Å². The van der Waals surface area contributed by atoms with E-state index in [1.54, 1.807) is 0 Å². The monoisotopic (exact) mass is 391 g/mol. The lowest BCUT2D eigenvalue weighted by Gasteiger charge is -2.20. The highest BCUT2D eigenvalue weighted by molar-refractivity contribution is 9.11. The lowest BCUT2D eigenvalue weighted by Crippen LogP contribution is -2.38. The van der Waals surface area contributed by atoms with Crippen LogP contribution in [-0.4, -0.2) is 25.3 Å². The van der Waals surface area contributed by atoms with Crippen LogP contribution in [0.2, 0.25) is 0 Å². The molecule has 0 saturated heterocycles. The van der Waals surface area contributed by atoms with E-state index in [0.29, 0.717) is 0 Å². The second-order valence-corrected chi connectivity index (χ2v) is 7.44. The topological polar surface area (TPSA) is 21.3 Å². The molecular weight excluding hydrogens is 370 g/mol. The first-order chi connectivity index (χ1) is 8.79. The first-order valence-corrected chi connectivity index (χ1v) is 8.15. The summed E-state index contributed by atoms with van der Waals surface area (Å²) < 4.78 is 7.97. The Morgan fingerprint density at radius 1 is 1.11 bits per heavy atom. The number of benzene rings is 1. The van der Waals surface area contributed by atoms with Gasteiger partial charge >= 0.3 is 0 Å². The van der Waals surface area contributed by atoms with Gasteiger partial charge in [0.05, 0.1) is 13.2 Å². The Kier molecular flexibility index (Phi) is 7.01. The minimum Gasteiger partial charge on any atom is -0.380 e. The van der Waals surface area contributed by atoms with Crippen LogP contribution in [0.5, 0.6) is 0 Å². The number of hydrogen-bond donors (Lipinski definition) is 1. The molecule has 108 valence electrons. The fraction of sp³-hybridized carbons (Fsp3) is 0.600. The van der Waals surface area contributed by atoms with Gasteiger partial charge in [-0.15, -0.1) is 0 Å². The zero-order chi connectivity index (χ0) is 14.5. The summed E-state index contributed by atoms with van der Waals surface area (Å²) in [6, 6.07) is 4.30. The molecule has 1 N–H and O–H groups in total. The molecular formula is C15H23Br2NO. The van der Waals surface area contributed by atoms with Crippen molar-refractivity contribution in [2.45, 2.75) is 39.7 Å². The quantitative estimate of drug-likeness (QED) is 0.721. The molecule has 0 heterocycles. The van der Waals surface area contributed by atoms with Gasteiger partial charge in [0.1, 0.15) is 0 Å². The molecule has 0 spiro atoms. The fourth-order valence-corrected chi connectivity index (χ4v) is 2.71. The Morgan fingerprint density at radius 3 is 2.42 bits per heavy atom. The van der Waals surface area contributed by atoms with Gasteiger partial charge in [0.2, 0.25) is 0 Å². The van der Waals surface area contributed by atoms with Crippen molar-refractivity contribution in [3.63, 3.8) is 0 Å². The van der Waals surface area contributed by atoms with Gasteiger partial charge in [-0.3, -0.25) is 0 Å². The summed E-state index contributed by atoms with van der Waals surface area (Å²) in [5, 5.41) is 3.41. The van der Waals surface area contributed by atoms with Crippen molar-refractivity contribution in [3.05, 3.63) is 32.2 Å². The molecule has 0 aliphatic carbocycles. The van der Waals surface area contributed by atoms with Crippen LogP contribution < -0.4 is 5.32 Å². The van der Waals surface area contributed by atoms with Crippen LogP contribution in [0, 0.1) is 6.92 Å². The molecule has 2 nitrogen and oxygen atoms in total. The zero-order valence-electron chi connectivity index (χ0n) is 12.1. The maximum absolute atomic E-state index is 5.66. The number of nitrogens with one attached hydrogen (secondary N) is 1. The molecule has 0 unspecified atom stereocenters. The second kappa shape index (κ2) is 7.77. The molecule has 1 rings (SSSR count). The SMILES string of the molecule is Cc1cc(Br)c(CCOCCNC(C)(C)C)cc1Br. The molecule has 0 fully saturated rings. The van der Waals surface area contributed by atoms with Crippen molar-refractivity contribution >= 4 is 31.9 Å². The summed E-state index contributed by atoms with van der Waals surface area (Å²) in [5.74, 6) is 0. The average molecular weight is 393 g/mol. The largest absolute Gasteiger partial charge is 0.380 e. The third-order valence-corrected chi connectivity index (χ3v) is 4.34. The van der Waals surface area contributed by atoms with E-state index in [2.05, 4.69) is 77.0 Å². The third kappa shape index (κ3) is 6.89. The Balaban J connectivity index is 2.28. The van der Waals surface area contributed by atoms with Crippen LogP contribution in [-0.2, 0) is 11.2 Å². The van der Waals surface area contributed by atoms with E-state index in [1.807, 2.05) is 0 Å². The van der Waals surface area contributed by atoms with Crippen molar-refractivity contribution in [3.8, 4) is 0 Å². The maximum Gasteiger partial charge on any atom is 0.0591 e. The summed E-state index contributed by atoms with van der Waals surface area (Å²) >= 11 is 7.17. The number of hydrogen-bond acceptors (Lipinski definition) is 2. The molecule has 0 aliphatic rings. The standard InChI is InChI=1S/C15H23Br2NO/c1-11-9-14(17)12(10-13(11)16)5-7-19-8-6-18-15(2,3)4/h9-10,18H,5-8H2,1-4H3. The Bertz CT molecular complexity index is 413. The van der Waals surface area contributed by atoms with Crippen molar-refractivity contribution in [2.75, 3.05) is 19.8 Å². The van der Waals surface area contributed by atoms with Crippen molar-refractivity contribution < 1.29 is 4.74 Å². The van der Waals surface area contributed by atoms with Crippen LogP contribution in [0.1, 0.15) is 31.9 Å². The van der Waals surface area contributed by atoms with Crippen LogP contribution in [0.3, 0.4) is 0 Å². The maximum atomic E-state index is 5.66. The predicted molar refractivity (Wildman–Crippen MR) is 88.9 cm³/mol. The minimum atomic E-state index is 0.161. The van der Waals surface area contributed by atoms with Gasteiger partial charge in [-0.2, -0.15) is 0 Å². The molecule has 0 atom stereocenters. The molecule has 0 aliphatic heterocycles. The molecule has 1 aromatic carbocycles. The molecule has 19 heavy (non-hydrogen) atoms. The van der Waals surface area contributed by atoms with E-state index in [1.165, 1.54) is 11.1 Å². The van der Waals surface area contributed by atoms with Crippen molar-refractivity contribution in [1.82, 2.24) is 5.32 Å².